The van der Waals surface area contributed by atoms with Gasteiger partial charge in [-0.15, -0.1) is 0 Å². The van der Waals surface area contributed by atoms with Gasteiger partial charge in [0.15, 0.2) is 0 Å². The van der Waals surface area contributed by atoms with Gasteiger partial charge in [0.1, 0.15) is 0 Å². The van der Waals surface area contributed by atoms with Gasteiger partial charge in [0.2, 0.25) is 0 Å². The highest BCUT2D eigenvalue weighted by molar-refractivity contribution is 4.55. The Kier molecular flexibility index (Phi) is 8.95. The Balaban J connectivity index is 3.19. The molecule has 0 saturated heterocycles. The highest BCUT2D eigenvalue weighted by Crippen LogP contribution is 2.07. The third-order valence-electron chi connectivity index (χ3n) is 1.99. The van der Waals surface area contributed by atoms with E-state index in [0.717, 1.165) is 6.42 Å². The molecule has 0 amide bonds. The summed E-state index contributed by atoms with van der Waals surface area (Å²) in [7, 11) is 0. The summed E-state index contributed by atoms with van der Waals surface area (Å²) in [6.45, 7) is 5.04. The first-order valence-electron chi connectivity index (χ1n) is 5.07. The topological polar surface area (TPSA) is 29.5 Å². The Labute approximate surface area is 75.9 Å². The number of rotatable bonds is 8. The molecular weight excluding hydrogens is 152 g/mol. The lowest BCUT2D eigenvalue weighted by Gasteiger charge is -2.13. The summed E-state index contributed by atoms with van der Waals surface area (Å²) in [5, 5.41) is 8.89. The molecule has 1 unspecified atom stereocenters. The number of unbranched alkanes of at least 4 members (excludes halogenated alkanes) is 3. The number of aliphatic hydroxyl groups excluding tert-OH is 1. The lowest BCUT2D eigenvalue weighted by atomic mass is 10.1. The zero-order valence-electron chi connectivity index (χ0n) is 8.38. The second-order valence-corrected chi connectivity index (χ2v) is 3.11. The Morgan fingerprint density at radius 1 is 1.17 bits per heavy atom. The van der Waals surface area contributed by atoms with E-state index in [1.165, 1.54) is 25.7 Å². The first-order valence-corrected chi connectivity index (χ1v) is 5.07. The van der Waals surface area contributed by atoms with Crippen LogP contribution in [0.3, 0.4) is 0 Å². The SMILES string of the molecule is CCCCCCC(CO)OCC. The van der Waals surface area contributed by atoms with Crippen LogP contribution in [0.2, 0.25) is 0 Å². The minimum absolute atomic E-state index is 0.0758. The zero-order chi connectivity index (χ0) is 9.23. The summed E-state index contributed by atoms with van der Waals surface area (Å²) >= 11 is 0. The van der Waals surface area contributed by atoms with Crippen molar-refractivity contribution in [2.45, 2.75) is 52.1 Å². The maximum atomic E-state index is 8.89. The van der Waals surface area contributed by atoms with Crippen molar-refractivity contribution in [2.75, 3.05) is 13.2 Å². The molecule has 0 heterocycles. The van der Waals surface area contributed by atoms with Crippen molar-refractivity contribution in [3.05, 3.63) is 0 Å². The molecule has 2 heteroatoms. The predicted octanol–water partition coefficient (Wildman–Crippen LogP) is 2.35. The van der Waals surface area contributed by atoms with Crippen LogP contribution in [0.4, 0.5) is 0 Å². The second-order valence-electron chi connectivity index (χ2n) is 3.11. The van der Waals surface area contributed by atoms with E-state index in [9.17, 15) is 0 Å². The normalized spacial score (nSPS) is 13.2. The summed E-state index contributed by atoms with van der Waals surface area (Å²) in [5.41, 5.74) is 0. The molecule has 0 fully saturated rings. The van der Waals surface area contributed by atoms with Crippen LogP contribution in [-0.2, 0) is 4.74 Å². The van der Waals surface area contributed by atoms with E-state index in [2.05, 4.69) is 6.92 Å². The van der Waals surface area contributed by atoms with Crippen molar-refractivity contribution < 1.29 is 9.84 Å². The molecule has 0 saturated carbocycles. The fraction of sp³-hybridized carbons (Fsp3) is 1.00. The van der Waals surface area contributed by atoms with Gasteiger partial charge in [-0.2, -0.15) is 0 Å². The Morgan fingerprint density at radius 2 is 1.92 bits per heavy atom. The van der Waals surface area contributed by atoms with Gasteiger partial charge in [-0.3, -0.25) is 0 Å². The molecule has 0 radical (unpaired) electrons. The molecule has 74 valence electrons. The van der Waals surface area contributed by atoms with Crippen molar-refractivity contribution in [2.24, 2.45) is 0 Å². The lowest BCUT2D eigenvalue weighted by molar-refractivity contribution is 0.0136. The van der Waals surface area contributed by atoms with Gasteiger partial charge in [0.25, 0.3) is 0 Å². The van der Waals surface area contributed by atoms with Gasteiger partial charge < -0.3 is 9.84 Å². The minimum atomic E-state index is 0.0758. The molecule has 2 nitrogen and oxygen atoms in total. The van der Waals surface area contributed by atoms with Crippen molar-refractivity contribution in [3.8, 4) is 0 Å². The van der Waals surface area contributed by atoms with E-state index in [0.29, 0.717) is 6.61 Å². The molecule has 0 aliphatic carbocycles. The van der Waals surface area contributed by atoms with E-state index < -0.39 is 0 Å². The Morgan fingerprint density at radius 3 is 2.42 bits per heavy atom. The number of aliphatic hydroxyl groups is 1. The van der Waals surface area contributed by atoms with Crippen molar-refractivity contribution in [1.82, 2.24) is 0 Å². The molecule has 0 rings (SSSR count). The van der Waals surface area contributed by atoms with E-state index in [-0.39, 0.29) is 12.7 Å². The quantitative estimate of drug-likeness (QED) is 0.572. The third kappa shape index (κ3) is 6.62. The van der Waals surface area contributed by atoms with Gasteiger partial charge in [0, 0.05) is 6.61 Å². The van der Waals surface area contributed by atoms with Gasteiger partial charge in [-0.25, -0.2) is 0 Å². The number of ether oxygens (including phenoxy) is 1. The molecular formula is C10H22O2. The molecule has 0 aliphatic heterocycles. The van der Waals surface area contributed by atoms with Gasteiger partial charge in [0.05, 0.1) is 12.7 Å². The summed E-state index contributed by atoms with van der Waals surface area (Å²) < 4.78 is 5.32. The first-order chi connectivity index (χ1) is 5.85. The van der Waals surface area contributed by atoms with Crippen LogP contribution in [-0.4, -0.2) is 24.4 Å². The summed E-state index contributed by atoms with van der Waals surface area (Å²) in [6.07, 6.45) is 6.08. The average Bonchev–Trinajstić information content (AvgIpc) is 2.10. The molecule has 0 aromatic carbocycles. The Bertz CT molecular complexity index is 83.9. The first kappa shape index (κ1) is 11.9. The zero-order valence-corrected chi connectivity index (χ0v) is 8.38. The van der Waals surface area contributed by atoms with Crippen LogP contribution >= 0.6 is 0 Å². The fourth-order valence-corrected chi connectivity index (χ4v) is 1.26. The van der Waals surface area contributed by atoms with Crippen LogP contribution in [0.15, 0.2) is 0 Å². The number of hydrogen-bond donors (Lipinski definition) is 1. The second kappa shape index (κ2) is 9.01. The average molecular weight is 174 g/mol. The van der Waals surface area contributed by atoms with Crippen LogP contribution < -0.4 is 0 Å². The fourth-order valence-electron chi connectivity index (χ4n) is 1.26. The van der Waals surface area contributed by atoms with Crippen molar-refractivity contribution >= 4 is 0 Å². The minimum Gasteiger partial charge on any atom is -0.394 e. The molecule has 0 aromatic rings. The summed E-state index contributed by atoms with van der Waals surface area (Å²) in [4.78, 5) is 0. The van der Waals surface area contributed by atoms with E-state index in [4.69, 9.17) is 9.84 Å². The standard InChI is InChI=1S/C10H22O2/c1-3-5-6-7-8-10(9-11)12-4-2/h10-11H,3-9H2,1-2H3. The van der Waals surface area contributed by atoms with Crippen molar-refractivity contribution in [1.29, 1.82) is 0 Å². The summed E-state index contributed by atoms with van der Waals surface area (Å²) in [6, 6.07) is 0. The van der Waals surface area contributed by atoms with Gasteiger partial charge in [-0.1, -0.05) is 32.6 Å². The van der Waals surface area contributed by atoms with Gasteiger partial charge >= 0.3 is 0 Å². The molecule has 1 N–H and O–H groups in total. The third-order valence-corrected chi connectivity index (χ3v) is 1.99. The monoisotopic (exact) mass is 174 g/mol. The largest absolute Gasteiger partial charge is 0.394 e. The van der Waals surface area contributed by atoms with E-state index in [1.54, 1.807) is 0 Å². The van der Waals surface area contributed by atoms with Gasteiger partial charge in [-0.05, 0) is 13.3 Å². The van der Waals surface area contributed by atoms with Crippen LogP contribution in [0.25, 0.3) is 0 Å². The molecule has 12 heavy (non-hydrogen) atoms. The maximum Gasteiger partial charge on any atom is 0.0805 e. The Hall–Kier alpha value is -0.0800. The van der Waals surface area contributed by atoms with Crippen LogP contribution in [0.5, 0.6) is 0 Å². The predicted molar refractivity (Wildman–Crippen MR) is 51.3 cm³/mol. The van der Waals surface area contributed by atoms with E-state index >= 15 is 0 Å². The molecule has 0 aromatic heterocycles. The lowest BCUT2D eigenvalue weighted by Crippen LogP contribution is -2.17. The van der Waals surface area contributed by atoms with Crippen LogP contribution in [0.1, 0.15) is 46.0 Å². The molecule has 0 aliphatic rings. The summed E-state index contributed by atoms with van der Waals surface area (Å²) in [5.74, 6) is 0. The number of hydrogen-bond acceptors (Lipinski definition) is 2. The highest BCUT2D eigenvalue weighted by Gasteiger charge is 2.04. The van der Waals surface area contributed by atoms with Crippen molar-refractivity contribution in [3.63, 3.8) is 0 Å². The highest BCUT2D eigenvalue weighted by atomic mass is 16.5. The maximum absolute atomic E-state index is 8.89. The van der Waals surface area contributed by atoms with E-state index in [1.807, 2.05) is 6.92 Å². The molecule has 0 bridgehead atoms. The van der Waals surface area contributed by atoms with Crippen LogP contribution in [0, 0.1) is 0 Å². The molecule has 0 spiro atoms. The smallest absolute Gasteiger partial charge is 0.0805 e. The molecule has 1 atom stereocenters.